The number of rotatable bonds is 5. The van der Waals surface area contributed by atoms with E-state index in [1.54, 1.807) is 22.8 Å². The van der Waals surface area contributed by atoms with E-state index in [-0.39, 0.29) is 22.4 Å². The SMILES string of the molecule is CC(C)n1c(=O)sc2cc(S(=O)(=O)NCc3ccccc3)ccc21. The van der Waals surface area contributed by atoms with Crippen LogP contribution in [0.5, 0.6) is 0 Å². The van der Waals surface area contributed by atoms with Crippen molar-refractivity contribution >= 4 is 31.6 Å². The summed E-state index contributed by atoms with van der Waals surface area (Å²) >= 11 is 1.07. The highest BCUT2D eigenvalue weighted by Gasteiger charge is 2.17. The predicted octanol–water partition coefficient (Wildman–Crippen LogP) is 3.12. The highest BCUT2D eigenvalue weighted by molar-refractivity contribution is 7.89. The summed E-state index contributed by atoms with van der Waals surface area (Å²) in [5.41, 5.74) is 1.65. The Balaban J connectivity index is 1.92. The molecule has 0 spiro atoms. The lowest BCUT2D eigenvalue weighted by molar-refractivity contribution is 0.581. The van der Waals surface area contributed by atoms with E-state index in [9.17, 15) is 13.2 Å². The molecular weight excluding hydrogens is 344 g/mol. The van der Waals surface area contributed by atoms with Crippen molar-refractivity contribution in [2.24, 2.45) is 0 Å². The maximum atomic E-state index is 12.5. The van der Waals surface area contributed by atoms with Gasteiger partial charge < -0.3 is 0 Å². The molecule has 1 N–H and O–H groups in total. The maximum absolute atomic E-state index is 12.5. The average Bonchev–Trinajstić information content (AvgIpc) is 2.89. The molecular formula is C17H18N2O3S2. The summed E-state index contributed by atoms with van der Waals surface area (Å²) < 4.78 is 29.9. The second-order valence-corrected chi connectivity index (χ2v) is 8.53. The highest BCUT2D eigenvalue weighted by Crippen LogP contribution is 2.24. The van der Waals surface area contributed by atoms with Crippen LogP contribution in [0.1, 0.15) is 25.5 Å². The van der Waals surface area contributed by atoms with Crippen LogP contribution in [0.25, 0.3) is 10.2 Å². The first-order valence-corrected chi connectivity index (χ1v) is 9.87. The molecule has 1 aromatic heterocycles. The van der Waals surface area contributed by atoms with Crippen LogP contribution in [0.15, 0.2) is 58.2 Å². The summed E-state index contributed by atoms with van der Waals surface area (Å²) in [4.78, 5) is 12.2. The van der Waals surface area contributed by atoms with Crippen molar-refractivity contribution in [1.29, 1.82) is 0 Å². The standard InChI is InChI=1S/C17H18N2O3S2/c1-12(2)19-15-9-8-14(10-16(15)23-17(19)20)24(21,22)18-11-13-6-4-3-5-7-13/h3-10,12,18H,11H2,1-2H3. The Hall–Kier alpha value is -1.96. The molecule has 0 bridgehead atoms. The van der Waals surface area contributed by atoms with Gasteiger partial charge in [-0.15, -0.1) is 0 Å². The number of hydrogen-bond donors (Lipinski definition) is 1. The van der Waals surface area contributed by atoms with E-state index in [1.807, 2.05) is 44.2 Å². The molecule has 0 saturated carbocycles. The number of sulfonamides is 1. The van der Waals surface area contributed by atoms with Crippen molar-refractivity contribution in [1.82, 2.24) is 9.29 Å². The molecule has 126 valence electrons. The molecule has 0 fully saturated rings. The zero-order chi connectivity index (χ0) is 17.3. The van der Waals surface area contributed by atoms with E-state index < -0.39 is 10.0 Å². The molecule has 0 amide bonds. The first kappa shape index (κ1) is 16.9. The van der Waals surface area contributed by atoms with E-state index in [2.05, 4.69) is 4.72 Å². The normalized spacial score (nSPS) is 12.1. The van der Waals surface area contributed by atoms with Gasteiger partial charge in [-0.1, -0.05) is 41.7 Å². The minimum absolute atomic E-state index is 0.0323. The topological polar surface area (TPSA) is 68.2 Å². The first-order chi connectivity index (χ1) is 11.4. The Morgan fingerprint density at radius 1 is 1.12 bits per heavy atom. The summed E-state index contributed by atoms with van der Waals surface area (Å²) in [7, 11) is -3.63. The highest BCUT2D eigenvalue weighted by atomic mass is 32.2. The second kappa shape index (κ2) is 6.51. The van der Waals surface area contributed by atoms with E-state index in [1.165, 1.54) is 0 Å². The van der Waals surface area contributed by atoms with Gasteiger partial charge in [0.05, 0.1) is 15.1 Å². The van der Waals surface area contributed by atoms with Crippen LogP contribution in [0, 0.1) is 0 Å². The van der Waals surface area contributed by atoms with E-state index in [4.69, 9.17) is 0 Å². The van der Waals surface area contributed by atoms with Crippen molar-refractivity contribution in [2.45, 2.75) is 31.3 Å². The molecule has 3 aromatic rings. The monoisotopic (exact) mass is 362 g/mol. The van der Waals surface area contributed by atoms with Gasteiger partial charge in [0, 0.05) is 12.6 Å². The van der Waals surface area contributed by atoms with Gasteiger partial charge in [0.2, 0.25) is 10.0 Å². The van der Waals surface area contributed by atoms with Gasteiger partial charge in [-0.25, -0.2) is 13.1 Å². The van der Waals surface area contributed by atoms with Crippen LogP contribution in [-0.4, -0.2) is 13.0 Å². The van der Waals surface area contributed by atoms with Crippen LogP contribution in [0.3, 0.4) is 0 Å². The van der Waals surface area contributed by atoms with Crippen LogP contribution in [0.2, 0.25) is 0 Å². The zero-order valence-electron chi connectivity index (χ0n) is 13.4. The molecule has 0 aliphatic heterocycles. The lowest BCUT2D eigenvalue weighted by Crippen LogP contribution is -2.23. The van der Waals surface area contributed by atoms with E-state index >= 15 is 0 Å². The number of benzene rings is 2. The Kier molecular flexibility index (Phi) is 4.58. The van der Waals surface area contributed by atoms with E-state index in [0.717, 1.165) is 22.4 Å². The molecule has 0 radical (unpaired) electrons. The fourth-order valence-corrected chi connectivity index (χ4v) is 4.70. The third-order valence-electron chi connectivity index (χ3n) is 3.72. The molecule has 5 nitrogen and oxygen atoms in total. The summed E-state index contributed by atoms with van der Waals surface area (Å²) in [6, 6.07) is 14.2. The van der Waals surface area contributed by atoms with Crippen molar-refractivity contribution in [2.75, 3.05) is 0 Å². The average molecular weight is 362 g/mol. The summed E-state index contributed by atoms with van der Waals surface area (Å²) in [5.74, 6) is 0. The lowest BCUT2D eigenvalue weighted by Gasteiger charge is -2.09. The smallest absolute Gasteiger partial charge is 0.296 e. The Labute approximate surface area is 144 Å². The maximum Gasteiger partial charge on any atom is 0.308 e. The van der Waals surface area contributed by atoms with Gasteiger partial charge in [0.15, 0.2) is 0 Å². The third-order valence-corrected chi connectivity index (χ3v) is 6.04. The molecule has 0 saturated heterocycles. The molecule has 1 heterocycles. The van der Waals surface area contributed by atoms with Crippen LogP contribution in [0.4, 0.5) is 0 Å². The van der Waals surface area contributed by atoms with Gasteiger partial charge in [-0.05, 0) is 37.6 Å². The number of hydrogen-bond acceptors (Lipinski definition) is 4. The predicted molar refractivity (Wildman–Crippen MR) is 96.9 cm³/mol. The molecule has 24 heavy (non-hydrogen) atoms. The molecule has 2 aromatic carbocycles. The van der Waals surface area contributed by atoms with Crippen LogP contribution >= 0.6 is 11.3 Å². The molecule has 7 heteroatoms. The summed E-state index contributed by atoms with van der Waals surface area (Å²) in [5, 5.41) is 0. The third kappa shape index (κ3) is 3.28. The number of thiazole rings is 1. The van der Waals surface area contributed by atoms with Gasteiger partial charge >= 0.3 is 4.87 Å². The van der Waals surface area contributed by atoms with Gasteiger partial charge in [-0.3, -0.25) is 9.36 Å². The van der Waals surface area contributed by atoms with Gasteiger partial charge in [-0.2, -0.15) is 0 Å². The zero-order valence-corrected chi connectivity index (χ0v) is 15.0. The van der Waals surface area contributed by atoms with Crippen molar-refractivity contribution in [3.05, 3.63) is 63.8 Å². The summed E-state index contributed by atoms with van der Waals surface area (Å²) in [6.45, 7) is 4.09. The fourth-order valence-electron chi connectivity index (χ4n) is 2.53. The van der Waals surface area contributed by atoms with Gasteiger partial charge in [0.1, 0.15) is 0 Å². The van der Waals surface area contributed by atoms with Crippen molar-refractivity contribution in [3.8, 4) is 0 Å². The number of fused-ring (bicyclic) bond motifs is 1. The number of aromatic nitrogens is 1. The van der Waals surface area contributed by atoms with Crippen molar-refractivity contribution in [3.63, 3.8) is 0 Å². The molecule has 3 rings (SSSR count). The Morgan fingerprint density at radius 2 is 1.83 bits per heavy atom. The summed E-state index contributed by atoms with van der Waals surface area (Å²) in [6.07, 6.45) is 0. The second-order valence-electron chi connectivity index (χ2n) is 5.77. The lowest BCUT2D eigenvalue weighted by atomic mass is 10.2. The fraction of sp³-hybridized carbons (Fsp3) is 0.235. The molecule has 0 atom stereocenters. The minimum atomic E-state index is -3.63. The number of nitrogens with zero attached hydrogens (tertiary/aromatic N) is 1. The minimum Gasteiger partial charge on any atom is -0.296 e. The quantitative estimate of drug-likeness (QED) is 0.758. The number of nitrogens with one attached hydrogen (secondary N) is 1. The molecule has 0 aliphatic rings. The Morgan fingerprint density at radius 3 is 2.50 bits per heavy atom. The largest absolute Gasteiger partial charge is 0.308 e. The van der Waals surface area contributed by atoms with Crippen LogP contribution < -0.4 is 9.60 Å². The van der Waals surface area contributed by atoms with E-state index in [0.29, 0.717) is 4.70 Å². The van der Waals surface area contributed by atoms with Crippen LogP contribution in [-0.2, 0) is 16.6 Å². The van der Waals surface area contributed by atoms with Gasteiger partial charge in [0.25, 0.3) is 0 Å². The molecule has 0 unspecified atom stereocenters. The Bertz CT molecular complexity index is 1020. The van der Waals surface area contributed by atoms with Crippen molar-refractivity contribution < 1.29 is 8.42 Å². The molecule has 0 aliphatic carbocycles. The first-order valence-electron chi connectivity index (χ1n) is 7.57.